The lowest BCUT2D eigenvalue weighted by Gasteiger charge is -2.06. The van der Waals surface area contributed by atoms with E-state index in [0.717, 1.165) is 5.82 Å². The number of urea groups is 1. The van der Waals surface area contributed by atoms with Crippen LogP contribution in [0.25, 0.3) is 0 Å². The number of halogens is 1. The monoisotopic (exact) mass is 258 g/mol. The lowest BCUT2D eigenvalue weighted by molar-refractivity contribution is -0.119. The van der Waals surface area contributed by atoms with Crippen LogP contribution < -0.4 is 10.6 Å². The van der Waals surface area contributed by atoms with E-state index >= 15 is 0 Å². The highest BCUT2D eigenvalue weighted by Gasteiger charge is 2.06. The Morgan fingerprint density at radius 3 is 2.88 bits per heavy atom. The van der Waals surface area contributed by atoms with Crippen molar-refractivity contribution < 1.29 is 9.59 Å². The minimum atomic E-state index is -0.505. The number of amides is 3. The number of carbonyl (C=O) groups excluding carboxylic acids is 2. The van der Waals surface area contributed by atoms with Crippen LogP contribution in [0.15, 0.2) is 12.4 Å². The van der Waals surface area contributed by atoms with Gasteiger partial charge in [0.15, 0.2) is 0 Å². The van der Waals surface area contributed by atoms with Gasteiger partial charge in [-0.25, -0.2) is 9.78 Å². The first-order valence-electron chi connectivity index (χ1n) is 5.23. The summed E-state index contributed by atoms with van der Waals surface area (Å²) in [5.41, 5.74) is 0. The van der Waals surface area contributed by atoms with Crippen LogP contribution >= 0.6 is 11.6 Å². The number of carbonyl (C=O) groups is 2. The molecule has 1 heterocycles. The molecule has 0 fully saturated rings. The van der Waals surface area contributed by atoms with Gasteiger partial charge < -0.3 is 9.88 Å². The third kappa shape index (κ3) is 4.86. The molecule has 0 atom stereocenters. The normalized spacial score (nSPS) is 10.0. The summed E-state index contributed by atoms with van der Waals surface area (Å²) >= 11 is 5.37. The van der Waals surface area contributed by atoms with E-state index in [9.17, 15) is 9.59 Å². The van der Waals surface area contributed by atoms with E-state index in [1.807, 2.05) is 17.8 Å². The Morgan fingerprint density at radius 2 is 2.29 bits per heavy atom. The fourth-order valence-electron chi connectivity index (χ4n) is 1.24. The molecule has 94 valence electrons. The maximum Gasteiger partial charge on any atom is 0.321 e. The van der Waals surface area contributed by atoms with Gasteiger partial charge in [-0.2, -0.15) is 0 Å². The van der Waals surface area contributed by atoms with Gasteiger partial charge in [-0.1, -0.05) is 0 Å². The van der Waals surface area contributed by atoms with Crippen molar-refractivity contribution in [3.8, 4) is 0 Å². The summed E-state index contributed by atoms with van der Waals surface area (Å²) in [7, 11) is 1.88. The Labute approximate surface area is 104 Å². The van der Waals surface area contributed by atoms with Gasteiger partial charge in [0.1, 0.15) is 5.82 Å². The van der Waals surface area contributed by atoms with Gasteiger partial charge in [-0.3, -0.25) is 10.1 Å². The van der Waals surface area contributed by atoms with Crippen molar-refractivity contribution in [2.45, 2.75) is 12.8 Å². The molecular formula is C10H15ClN4O2. The molecule has 0 aliphatic rings. The first-order chi connectivity index (χ1) is 8.13. The molecule has 0 spiro atoms. The minimum Gasteiger partial charge on any atom is -0.338 e. The van der Waals surface area contributed by atoms with Gasteiger partial charge >= 0.3 is 6.03 Å². The van der Waals surface area contributed by atoms with Gasteiger partial charge in [0, 0.05) is 44.7 Å². The summed E-state index contributed by atoms with van der Waals surface area (Å²) in [4.78, 5) is 26.4. The minimum absolute atomic E-state index is 0.133. The molecule has 7 heteroatoms. The number of alkyl halides is 1. The number of rotatable bonds is 5. The second-order valence-corrected chi connectivity index (χ2v) is 3.83. The van der Waals surface area contributed by atoms with E-state index < -0.39 is 6.03 Å². The molecular weight excluding hydrogens is 244 g/mol. The molecule has 1 aromatic rings. The Hall–Kier alpha value is -1.56. The number of aromatic nitrogens is 2. The second kappa shape index (κ2) is 6.90. The molecule has 2 N–H and O–H groups in total. The lowest BCUT2D eigenvalue weighted by Crippen LogP contribution is -2.40. The third-order valence-electron chi connectivity index (χ3n) is 2.13. The zero-order valence-corrected chi connectivity index (χ0v) is 10.3. The number of aryl methyl sites for hydroxylation is 1. The lowest BCUT2D eigenvalue weighted by atomic mass is 10.4. The van der Waals surface area contributed by atoms with Crippen LogP contribution in [0, 0.1) is 0 Å². The number of imide groups is 1. The van der Waals surface area contributed by atoms with Crippen LogP contribution in [0.3, 0.4) is 0 Å². The summed E-state index contributed by atoms with van der Waals surface area (Å²) in [6.45, 7) is 0.421. The van der Waals surface area contributed by atoms with Crippen molar-refractivity contribution in [2.75, 3.05) is 12.4 Å². The third-order valence-corrected chi connectivity index (χ3v) is 2.32. The van der Waals surface area contributed by atoms with Crippen LogP contribution in [-0.2, 0) is 18.3 Å². The Balaban J connectivity index is 2.21. The standard InChI is InChI=1S/C10H15ClN4O2/c1-15-7-6-12-8(15)3-5-13-10(17)14-9(16)2-4-11/h6-7H,2-5H2,1H3,(H2,13,14,16,17). The molecule has 0 aliphatic heterocycles. The molecule has 0 saturated carbocycles. The summed E-state index contributed by atoms with van der Waals surface area (Å²) in [6, 6.07) is -0.505. The summed E-state index contributed by atoms with van der Waals surface area (Å²) in [5, 5.41) is 4.75. The summed E-state index contributed by atoms with van der Waals surface area (Å²) < 4.78 is 1.87. The fourth-order valence-corrected chi connectivity index (χ4v) is 1.42. The van der Waals surface area contributed by atoms with E-state index in [0.29, 0.717) is 13.0 Å². The van der Waals surface area contributed by atoms with Crippen molar-refractivity contribution in [1.29, 1.82) is 0 Å². The molecule has 17 heavy (non-hydrogen) atoms. The molecule has 0 unspecified atom stereocenters. The Kier molecular flexibility index (Phi) is 5.48. The molecule has 3 amide bonds. The highest BCUT2D eigenvalue weighted by molar-refractivity contribution is 6.19. The van der Waals surface area contributed by atoms with E-state index in [4.69, 9.17) is 11.6 Å². The predicted octanol–water partition coefficient (Wildman–Crippen LogP) is 0.417. The van der Waals surface area contributed by atoms with E-state index in [-0.39, 0.29) is 18.2 Å². The van der Waals surface area contributed by atoms with E-state index in [2.05, 4.69) is 15.6 Å². The fraction of sp³-hybridized carbons (Fsp3) is 0.500. The SMILES string of the molecule is Cn1ccnc1CCNC(=O)NC(=O)CCCl. The molecule has 0 aromatic carbocycles. The number of hydrogen-bond acceptors (Lipinski definition) is 3. The predicted molar refractivity (Wildman–Crippen MR) is 63.8 cm³/mol. The van der Waals surface area contributed by atoms with Gasteiger partial charge in [-0.15, -0.1) is 11.6 Å². The van der Waals surface area contributed by atoms with Crippen LogP contribution in [0.4, 0.5) is 4.79 Å². The first-order valence-corrected chi connectivity index (χ1v) is 5.76. The smallest absolute Gasteiger partial charge is 0.321 e. The van der Waals surface area contributed by atoms with Gasteiger partial charge in [0.25, 0.3) is 0 Å². The zero-order valence-electron chi connectivity index (χ0n) is 9.57. The molecule has 6 nitrogen and oxygen atoms in total. The Morgan fingerprint density at radius 1 is 1.53 bits per heavy atom. The van der Waals surface area contributed by atoms with Crippen LogP contribution in [0.1, 0.15) is 12.2 Å². The van der Waals surface area contributed by atoms with Crippen LogP contribution in [-0.4, -0.2) is 33.9 Å². The first kappa shape index (κ1) is 13.5. The molecule has 1 rings (SSSR count). The average molecular weight is 259 g/mol. The second-order valence-electron chi connectivity index (χ2n) is 3.45. The number of nitrogens with zero attached hydrogens (tertiary/aromatic N) is 2. The van der Waals surface area contributed by atoms with Crippen LogP contribution in [0.2, 0.25) is 0 Å². The average Bonchev–Trinajstić information content (AvgIpc) is 2.64. The van der Waals surface area contributed by atoms with E-state index in [1.54, 1.807) is 6.20 Å². The summed E-state index contributed by atoms with van der Waals surface area (Å²) in [5.74, 6) is 0.693. The largest absolute Gasteiger partial charge is 0.338 e. The van der Waals surface area contributed by atoms with Crippen molar-refractivity contribution in [3.05, 3.63) is 18.2 Å². The van der Waals surface area contributed by atoms with Crippen molar-refractivity contribution in [2.24, 2.45) is 7.05 Å². The molecule has 0 aliphatic carbocycles. The molecule has 0 saturated heterocycles. The number of imidazole rings is 1. The topological polar surface area (TPSA) is 76.0 Å². The molecule has 0 bridgehead atoms. The molecule has 0 radical (unpaired) electrons. The number of nitrogens with one attached hydrogen (secondary N) is 2. The van der Waals surface area contributed by atoms with Gasteiger partial charge in [0.05, 0.1) is 0 Å². The van der Waals surface area contributed by atoms with Crippen LogP contribution in [0.5, 0.6) is 0 Å². The summed E-state index contributed by atoms with van der Waals surface area (Å²) in [6.07, 6.45) is 4.27. The maximum absolute atomic E-state index is 11.2. The highest BCUT2D eigenvalue weighted by Crippen LogP contribution is 1.93. The zero-order chi connectivity index (χ0) is 12.7. The van der Waals surface area contributed by atoms with Crippen molar-refractivity contribution in [1.82, 2.24) is 20.2 Å². The van der Waals surface area contributed by atoms with Crippen molar-refractivity contribution >= 4 is 23.5 Å². The van der Waals surface area contributed by atoms with Crippen molar-refractivity contribution in [3.63, 3.8) is 0 Å². The Bertz CT molecular complexity index is 391. The van der Waals surface area contributed by atoms with Gasteiger partial charge in [0.2, 0.25) is 5.91 Å². The van der Waals surface area contributed by atoms with E-state index in [1.165, 1.54) is 0 Å². The highest BCUT2D eigenvalue weighted by atomic mass is 35.5. The molecule has 1 aromatic heterocycles. The van der Waals surface area contributed by atoms with Gasteiger partial charge in [-0.05, 0) is 0 Å². The maximum atomic E-state index is 11.2. The number of hydrogen-bond donors (Lipinski definition) is 2. The quantitative estimate of drug-likeness (QED) is 0.752.